The zero-order chi connectivity index (χ0) is 13.3. The van der Waals surface area contributed by atoms with Gasteiger partial charge < -0.3 is 15.7 Å². The summed E-state index contributed by atoms with van der Waals surface area (Å²) < 4.78 is 0. The number of carboxylic acids is 1. The fourth-order valence-corrected chi connectivity index (χ4v) is 2.62. The van der Waals surface area contributed by atoms with E-state index in [1.165, 1.54) is 6.42 Å². The van der Waals surface area contributed by atoms with Crippen molar-refractivity contribution >= 4 is 17.3 Å². The van der Waals surface area contributed by atoms with Crippen LogP contribution in [0.25, 0.3) is 0 Å². The maximum atomic E-state index is 11.3. The summed E-state index contributed by atoms with van der Waals surface area (Å²) in [6, 6.07) is 5.00. The van der Waals surface area contributed by atoms with E-state index in [1.54, 1.807) is 18.2 Å². The van der Waals surface area contributed by atoms with E-state index in [9.17, 15) is 9.90 Å². The largest absolute Gasteiger partial charge is 0.478 e. The first-order valence-corrected chi connectivity index (χ1v) is 6.27. The van der Waals surface area contributed by atoms with Crippen molar-refractivity contribution in [2.24, 2.45) is 5.41 Å². The number of piperidine rings is 1. The number of nitrogens with two attached hydrogens (primary N) is 1. The molecule has 0 aliphatic carbocycles. The minimum Gasteiger partial charge on any atom is -0.478 e. The zero-order valence-corrected chi connectivity index (χ0v) is 10.9. The van der Waals surface area contributed by atoms with Gasteiger partial charge in [0.25, 0.3) is 0 Å². The van der Waals surface area contributed by atoms with Gasteiger partial charge in [-0.1, -0.05) is 13.8 Å². The normalized spacial score (nSPS) is 18.7. The molecule has 0 bridgehead atoms. The molecule has 98 valence electrons. The lowest BCUT2D eigenvalue weighted by Gasteiger charge is -2.40. The van der Waals surface area contributed by atoms with Crippen molar-refractivity contribution in [2.75, 3.05) is 23.7 Å². The van der Waals surface area contributed by atoms with Crippen LogP contribution in [-0.4, -0.2) is 24.2 Å². The molecule has 0 spiro atoms. The summed E-state index contributed by atoms with van der Waals surface area (Å²) in [4.78, 5) is 13.4. The maximum Gasteiger partial charge on any atom is 0.337 e. The van der Waals surface area contributed by atoms with Crippen LogP contribution in [-0.2, 0) is 0 Å². The number of benzene rings is 1. The Bertz CT molecular complexity index is 469. The van der Waals surface area contributed by atoms with Gasteiger partial charge in [0.1, 0.15) is 0 Å². The van der Waals surface area contributed by atoms with Crippen molar-refractivity contribution in [2.45, 2.75) is 26.7 Å². The lowest BCUT2D eigenvalue weighted by Crippen LogP contribution is -2.40. The Labute approximate surface area is 107 Å². The Morgan fingerprint density at radius 2 is 2.17 bits per heavy atom. The van der Waals surface area contributed by atoms with Crippen LogP contribution in [0.15, 0.2) is 18.2 Å². The average molecular weight is 248 g/mol. The third kappa shape index (κ3) is 2.58. The van der Waals surface area contributed by atoms with Gasteiger partial charge in [0, 0.05) is 18.8 Å². The van der Waals surface area contributed by atoms with Crippen LogP contribution in [0.4, 0.5) is 11.4 Å². The highest BCUT2D eigenvalue weighted by molar-refractivity contribution is 5.95. The predicted molar refractivity (Wildman–Crippen MR) is 73.0 cm³/mol. The third-order valence-corrected chi connectivity index (χ3v) is 3.49. The third-order valence-electron chi connectivity index (χ3n) is 3.49. The molecular weight excluding hydrogens is 228 g/mol. The molecule has 1 aliphatic heterocycles. The standard InChI is InChI=1S/C14H20N2O2/c1-14(2)6-3-7-16(9-14)12-8-10(15)4-5-11(12)13(17)18/h4-5,8H,3,6-7,9,15H2,1-2H3,(H,17,18). The van der Waals surface area contributed by atoms with Crippen LogP contribution in [0.1, 0.15) is 37.0 Å². The number of hydrogen-bond donors (Lipinski definition) is 2. The molecule has 1 heterocycles. The Hall–Kier alpha value is -1.71. The minimum atomic E-state index is -0.895. The van der Waals surface area contributed by atoms with Crippen LogP contribution >= 0.6 is 0 Å². The van der Waals surface area contributed by atoms with Gasteiger partial charge in [0.15, 0.2) is 0 Å². The van der Waals surface area contributed by atoms with Gasteiger partial charge in [-0.05, 0) is 36.5 Å². The van der Waals surface area contributed by atoms with Crippen LogP contribution in [0, 0.1) is 5.41 Å². The van der Waals surface area contributed by atoms with Crippen molar-refractivity contribution in [3.8, 4) is 0 Å². The molecule has 2 rings (SSSR count). The molecule has 0 amide bonds. The highest BCUT2D eigenvalue weighted by Crippen LogP contribution is 2.33. The number of nitrogens with zero attached hydrogens (tertiary/aromatic N) is 1. The van der Waals surface area contributed by atoms with Gasteiger partial charge in [0.05, 0.1) is 11.3 Å². The van der Waals surface area contributed by atoms with Crippen molar-refractivity contribution in [3.05, 3.63) is 23.8 Å². The van der Waals surface area contributed by atoms with Gasteiger partial charge in [-0.15, -0.1) is 0 Å². The monoisotopic (exact) mass is 248 g/mol. The first-order chi connectivity index (χ1) is 8.39. The summed E-state index contributed by atoms with van der Waals surface area (Å²) in [5.74, 6) is -0.895. The molecule has 1 saturated heterocycles. The fourth-order valence-electron chi connectivity index (χ4n) is 2.62. The highest BCUT2D eigenvalue weighted by Gasteiger charge is 2.28. The van der Waals surface area contributed by atoms with E-state index in [2.05, 4.69) is 18.7 Å². The second-order valence-corrected chi connectivity index (χ2v) is 5.77. The summed E-state index contributed by atoms with van der Waals surface area (Å²) in [5, 5.41) is 9.25. The number of aromatic carboxylic acids is 1. The topological polar surface area (TPSA) is 66.6 Å². The van der Waals surface area contributed by atoms with E-state index in [4.69, 9.17) is 5.73 Å². The molecule has 0 atom stereocenters. The summed E-state index contributed by atoms with van der Waals surface area (Å²) in [5.41, 5.74) is 7.69. The van der Waals surface area contributed by atoms with E-state index in [0.29, 0.717) is 11.3 Å². The number of anilines is 2. The van der Waals surface area contributed by atoms with Crippen molar-refractivity contribution in [1.29, 1.82) is 0 Å². The second-order valence-electron chi connectivity index (χ2n) is 5.77. The van der Waals surface area contributed by atoms with E-state index < -0.39 is 5.97 Å². The number of rotatable bonds is 2. The van der Waals surface area contributed by atoms with Gasteiger partial charge in [-0.25, -0.2) is 4.79 Å². The van der Waals surface area contributed by atoms with Crippen LogP contribution in [0.3, 0.4) is 0 Å². The summed E-state index contributed by atoms with van der Waals surface area (Å²) in [6.45, 7) is 6.20. The van der Waals surface area contributed by atoms with Crippen LogP contribution in [0.2, 0.25) is 0 Å². The molecule has 3 N–H and O–H groups in total. The fraction of sp³-hybridized carbons (Fsp3) is 0.500. The molecule has 1 aromatic carbocycles. The molecule has 4 heteroatoms. The Morgan fingerprint density at radius 3 is 2.78 bits per heavy atom. The zero-order valence-electron chi connectivity index (χ0n) is 10.9. The summed E-state index contributed by atoms with van der Waals surface area (Å²) in [6.07, 6.45) is 2.26. The number of carboxylic acid groups (broad SMARTS) is 1. The summed E-state index contributed by atoms with van der Waals surface area (Å²) >= 11 is 0. The predicted octanol–water partition coefficient (Wildman–Crippen LogP) is 2.59. The molecular formula is C14H20N2O2. The molecule has 0 saturated carbocycles. The van der Waals surface area contributed by atoms with Gasteiger partial charge in [-0.2, -0.15) is 0 Å². The second kappa shape index (κ2) is 4.52. The maximum absolute atomic E-state index is 11.3. The van der Waals surface area contributed by atoms with Crippen LogP contribution < -0.4 is 10.6 Å². The molecule has 4 nitrogen and oxygen atoms in total. The lowest BCUT2D eigenvalue weighted by molar-refractivity contribution is 0.0697. The van der Waals surface area contributed by atoms with Crippen molar-refractivity contribution in [3.63, 3.8) is 0 Å². The van der Waals surface area contributed by atoms with Gasteiger partial charge in [-0.3, -0.25) is 0 Å². The molecule has 1 aromatic rings. The Kier molecular flexibility index (Phi) is 3.20. The minimum absolute atomic E-state index is 0.221. The molecule has 0 unspecified atom stereocenters. The number of carbonyl (C=O) groups is 1. The molecule has 0 aromatic heterocycles. The molecule has 0 radical (unpaired) electrons. The van der Waals surface area contributed by atoms with E-state index in [1.807, 2.05) is 0 Å². The average Bonchev–Trinajstić information content (AvgIpc) is 2.27. The van der Waals surface area contributed by atoms with E-state index in [-0.39, 0.29) is 5.41 Å². The van der Waals surface area contributed by atoms with E-state index in [0.717, 1.165) is 25.2 Å². The number of nitrogen functional groups attached to an aromatic ring is 1. The van der Waals surface area contributed by atoms with Crippen molar-refractivity contribution < 1.29 is 9.90 Å². The first kappa shape index (κ1) is 12.7. The molecule has 1 fully saturated rings. The Morgan fingerprint density at radius 1 is 1.44 bits per heavy atom. The van der Waals surface area contributed by atoms with Gasteiger partial charge in [0.2, 0.25) is 0 Å². The lowest BCUT2D eigenvalue weighted by atomic mass is 9.84. The highest BCUT2D eigenvalue weighted by atomic mass is 16.4. The smallest absolute Gasteiger partial charge is 0.337 e. The summed E-state index contributed by atoms with van der Waals surface area (Å²) in [7, 11) is 0. The Balaban J connectivity index is 2.37. The molecule has 18 heavy (non-hydrogen) atoms. The van der Waals surface area contributed by atoms with E-state index >= 15 is 0 Å². The number of hydrogen-bond acceptors (Lipinski definition) is 3. The quantitative estimate of drug-likeness (QED) is 0.789. The van der Waals surface area contributed by atoms with Crippen molar-refractivity contribution in [1.82, 2.24) is 0 Å². The van der Waals surface area contributed by atoms with Gasteiger partial charge >= 0.3 is 5.97 Å². The SMILES string of the molecule is CC1(C)CCCN(c2cc(N)ccc2C(=O)O)C1. The van der Waals surface area contributed by atoms with Crippen LogP contribution in [0.5, 0.6) is 0 Å². The molecule has 1 aliphatic rings. The first-order valence-electron chi connectivity index (χ1n) is 6.27.